The van der Waals surface area contributed by atoms with Crippen LogP contribution in [-0.2, 0) is 16.4 Å². The Balaban J connectivity index is 1.23. The summed E-state index contributed by atoms with van der Waals surface area (Å²) in [5.41, 5.74) is 2.52. The van der Waals surface area contributed by atoms with Crippen molar-refractivity contribution in [3.05, 3.63) is 77.5 Å². The number of aromatic nitrogens is 1. The number of halogens is 3. The Bertz CT molecular complexity index is 1180. The first kappa shape index (κ1) is 24.9. The topological polar surface area (TPSA) is 90.7 Å². The molecule has 11 heteroatoms. The third-order valence-electron chi connectivity index (χ3n) is 5.32. The number of benzene rings is 2. The van der Waals surface area contributed by atoms with E-state index in [-0.39, 0.29) is 40.3 Å². The van der Waals surface area contributed by atoms with E-state index >= 15 is 0 Å². The van der Waals surface area contributed by atoms with E-state index < -0.39 is 22.1 Å². The van der Waals surface area contributed by atoms with Gasteiger partial charge < -0.3 is 0 Å². The van der Waals surface area contributed by atoms with Crippen LogP contribution in [0.5, 0.6) is 11.5 Å². The van der Waals surface area contributed by atoms with Gasteiger partial charge in [0.05, 0.1) is 0 Å². The molecule has 184 valence electrons. The summed E-state index contributed by atoms with van der Waals surface area (Å²) in [5.74, 6) is -0.143. The summed E-state index contributed by atoms with van der Waals surface area (Å²) in [7, 11) is 0. The Morgan fingerprint density at radius 1 is 1.11 bits per heavy atom. The average molecular weight is 550 g/mol. The van der Waals surface area contributed by atoms with Gasteiger partial charge in [-0.1, -0.05) is 0 Å². The van der Waals surface area contributed by atoms with E-state index in [0.29, 0.717) is 11.1 Å². The van der Waals surface area contributed by atoms with Gasteiger partial charge in [0.1, 0.15) is 0 Å². The van der Waals surface area contributed by atoms with Gasteiger partial charge in [-0.25, -0.2) is 0 Å². The van der Waals surface area contributed by atoms with Gasteiger partial charge in [0.2, 0.25) is 0 Å². The first-order valence-electron chi connectivity index (χ1n) is 10.9. The van der Waals surface area contributed by atoms with Gasteiger partial charge in [-0.3, -0.25) is 0 Å². The summed E-state index contributed by atoms with van der Waals surface area (Å²) >= 11 is -1.17. The summed E-state index contributed by atoms with van der Waals surface area (Å²) in [6.45, 7) is -0.214. The zero-order valence-electron chi connectivity index (χ0n) is 18.4. The quantitative estimate of drug-likeness (QED) is 0.407. The van der Waals surface area contributed by atoms with Crippen molar-refractivity contribution in [2.24, 2.45) is 0 Å². The van der Waals surface area contributed by atoms with Crippen LogP contribution in [0.2, 0.25) is 0 Å². The van der Waals surface area contributed by atoms with Gasteiger partial charge in [-0.2, -0.15) is 0 Å². The molecule has 1 N–H and O–H groups in total. The summed E-state index contributed by atoms with van der Waals surface area (Å²) in [5, 5.41) is 3.32. The molecule has 3 aromatic rings. The number of nitrogens with zero attached hydrogens (tertiary/aromatic N) is 1. The van der Waals surface area contributed by atoms with Crippen molar-refractivity contribution < 1.29 is 36.7 Å². The molecule has 0 spiro atoms. The van der Waals surface area contributed by atoms with Gasteiger partial charge in [-0.05, 0) is 0 Å². The third-order valence-corrected chi connectivity index (χ3v) is 7.46. The Kier molecular flexibility index (Phi) is 7.80. The van der Waals surface area contributed by atoms with Crippen molar-refractivity contribution in [3.63, 3.8) is 0 Å². The average Bonchev–Trinajstić information content (AvgIpc) is 3.31. The molecule has 35 heavy (non-hydrogen) atoms. The number of alkyl halides is 3. The number of nitrogens with one attached hydrogen (secondary N) is 1. The van der Waals surface area contributed by atoms with Crippen LogP contribution in [-0.4, -0.2) is 44.2 Å². The Hall–Kier alpha value is -3.26. The van der Waals surface area contributed by atoms with Gasteiger partial charge in [-0.15, -0.1) is 0 Å². The monoisotopic (exact) mass is 550 g/mol. The van der Waals surface area contributed by atoms with E-state index in [1.54, 1.807) is 0 Å². The molecule has 2 atom stereocenters. The fourth-order valence-corrected chi connectivity index (χ4v) is 5.18. The number of fused-ring (bicyclic) bond motifs is 1. The van der Waals surface area contributed by atoms with Crippen LogP contribution in [0.1, 0.15) is 46.4 Å². The van der Waals surface area contributed by atoms with E-state index in [1.165, 1.54) is 24.0 Å². The molecule has 0 saturated heterocycles. The Morgan fingerprint density at radius 3 is 2.63 bits per heavy atom. The van der Waals surface area contributed by atoms with Crippen LogP contribution in [0.15, 0.2) is 59.2 Å². The molecule has 0 bridgehead atoms. The zero-order chi connectivity index (χ0) is 24.8. The molecule has 1 aliphatic carbocycles. The number of amides is 1. The third kappa shape index (κ3) is 7.11. The zero-order valence-corrected chi connectivity index (χ0v) is 20.5. The Labute approximate surface area is 205 Å². The predicted molar refractivity (Wildman–Crippen MR) is 121 cm³/mol. The summed E-state index contributed by atoms with van der Waals surface area (Å²) in [4.78, 5) is 29.0. The van der Waals surface area contributed by atoms with Crippen molar-refractivity contribution in [1.29, 1.82) is 0 Å². The van der Waals surface area contributed by atoms with Crippen LogP contribution in [0.3, 0.4) is 0 Å². The van der Waals surface area contributed by atoms with Crippen molar-refractivity contribution in [3.8, 4) is 11.5 Å². The van der Waals surface area contributed by atoms with E-state index in [4.69, 9.17) is 9.15 Å². The number of hydrogen-bond acceptors (Lipinski definition) is 6. The molecule has 2 aromatic carbocycles. The van der Waals surface area contributed by atoms with E-state index in [1.807, 2.05) is 18.2 Å². The number of rotatable bonds is 9. The van der Waals surface area contributed by atoms with Crippen LogP contribution in [0, 0.1) is 0 Å². The number of oxazole rings is 1. The van der Waals surface area contributed by atoms with E-state index in [2.05, 4.69) is 21.1 Å². The summed E-state index contributed by atoms with van der Waals surface area (Å²) in [6, 6.07) is 12.8. The second-order valence-corrected chi connectivity index (χ2v) is 10.5. The molecule has 1 aromatic heterocycles. The molecular weight excluding hydrogens is 528 g/mol. The molecule has 0 aliphatic heterocycles. The summed E-state index contributed by atoms with van der Waals surface area (Å²) < 4.78 is 50.9. The fourth-order valence-electron chi connectivity index (χ4n) is 3.74. The van der Waals surface area contributed by atoms with Crippen molar-refractivity contribution in [2.45, 2.75) is 36.9 Å². The SMILES string of the molecule is O=C(COc1ccc(OC(F)(F)F)cc1)[AsH]Cc1nc(C(=O)NC2CCCc3ccccc32)co1. The molecule has 4 rings (SSSR count). The maximum atomic E-state index is 12.7. The number of carbonyl (C=O) groups excluding carboxylic acids is 2. The molecule has 1 amide bonds. The number of carbonyl (C=O) groups is 2. The number of ether oxygens (including phenoxy) is 2. The predicted octanol–water partition coefficient (Wildman–Crippen LogP) is 3.92. The second-order valence-electron chi connectivity index (χ2n) is 7.83. The Morgan fingerprint density at radius 2 is 1.86 bits per heavy atom. The van der Waals surface area contributed by atoms with Crippen LogP contribution >= 0.6 is 0 Å². The molecule has 0 saturated carbocycles. The first-order chi connectivity index (χ1) is 16.8. The molecule has 7 nitrogen and oxygen atoms in total. The van der Waals surface area contributed by atoms with Gasteiger partial charge >= 0.3 is 206 Å². The van der Waals surface area contributed by atoms with Gasteiger partial charge in [0, 0.05) is 0 Å². The first-order valence-corrected chi connectivity index (χ1v) is 13.4. The normalized spacial score (nSPS) is 15.6. The minimum atomic E-state index is -4.77. The molecule has 2 unspecified atom stereocenters. The minimum absolute atomic E-state index is 0.0751. The van der Waals surface area contributed by atoms with Crippen molar-refractivity contribution in [1.82, 2.24) is 10.3 Å². The van der Waals surface area contributed by atoms with Gasteiger partial charge in [0.15, 0.2) is 0 Å². The molecule has 1 aliphatic rings. The van der Waals surface area contributed by atoms with Crippen molar-refractivity contribution >= 4 is 26.2 Å². The van der Waals surface area contributed by atoms with Crippen LogP contribution in [0.25, 0.3) is 0 Å². The number of hydrogen-bond donors (Lipinski definition) is 1. The standard InChI is InChI=1S/C24H22AsF3N2O5/c26-24(27,28)35-17-10-8-16(9-11-17)33-14-21(31)25-12-22-29-20(13-34-22)23(32)30-19-7-3-5-15-4-1-2-6-18(15)19/h1-2,4,6,8-11,13,19,25H,3,5,7,12,14H2,(H,30,32). The number of aryl methyl sites for hydroxylation is 1. The van der Waals surface area contributed by atoms with Crippen LogP contribution in [0.4, 0.5) is 13.2 Å². The van der Waals surface area contributed by atoms with E-state index in [9.17, 15) is 22.8 Å². The fraction of sp³-hybridized carbons (Fsp3) is 0.292. The van der Waals surface area contributed by atoms with Crippen LogP contribution < -0.4 is 14.8 Å². The second kappa shape index (κ2) is 11.0. The summed E-state index contributed by atoms with van der Waals surface area (Å²) in [6.07, 6.45) is -0.641. The molecule has 1 heterocycles. The van der Waals surface area contributed by atoms with Gasteiger partial charge in [0.25, 0.3) is 0 Å². The van der Waals surface area contributed by atoms with E-state index in [0.717, 1.165) is 37.0 Å². The molecule has 0 radical (unpaired) electrons. The maximum absolute atomic E-state index is 12.7. The molecule has 0 fully saturated rings. The molecular formula is C24H22AsF3N2O5. The van der Waals surface area contributed by atoms with Crippen molar-refractivity contribution in [2.75, 3.05) is 6.61 Å².